The highest BCUT2D eigenvalue weighted by atomic mass is 16.7. The van der Waals surface area contributed by atoms with E-state index in [0.29, 0.717) is 5.56 Å². The number of rotatable bonds is 13. The van der Waals surface area contributed by atoms with Gasteiger partial charge in [-0.3, -0.25) is 0 Å². The van der Waals surface area contributed by atoms with Crippen molar-refractivity contribution in [3.05, 3.63) is 60.2 Å². The van der Waals surface area contributed by atoms with Crippen LogP contribution in [-0.2, 0) is 23.7 Å². The number of ether oxygens (including phenoxy) is 7. The Kier molecular flexibility index (Phi) is 14.7. The SMILES string of the molecule is O=C(/C=C/c1ccc(O)c(O)c1)OCC1O[C@@H](Oc2cc(O)cc3[o+]c(-c4cc(O)c(O)c(O[C@@H]5OC(CO)[C@@H](O)[C@H](O)C5O)c4)c(O[C@@H]4OC(CO)[C@@H](O)[C@H](O)C4O)cc23)C(O)[C@@H](O)[C@@H]1O. The van der Waals surface area contributed by atoms with Gasteiger partial charge in [0.2, 0.25) is 30.4 Å². The molecule has 3 aromatic carbocycles. The van der Waals surface area contributed by atoms with E-state index in [1.54, 1.807) is 0 Å². The molecule has 3 aliphatic heterocycles. The monoisotopic (exact) mass is 951 g/mol. The fraction of sp³-hybridized carbons (Fsp3) is 0.429. The van der Waals surface area contributed by atoms with Crippen LogP contribution in [0.15, 0.2) is 59.0 Å². The first-order valence-electron chi connectivity index (χ1n) is 20.2. The lowest BCUT2D eigenvalue weighted by Gasteiger charge is -2.40. The number of fused-ring (bicyclic) bond motifs is 1. The molecule has 3 fully saturated rings. The van der Waals surface area contributed by atoms with Crippen LogP contribution in [0.4, 0.5) is 0 Å². The zero-order chi connectivity index (χ0) is 48.6. The number of hydrogen-bond acceptors (Lipinski definition) is 24. The second kappa shape index (κ2) is 20.1. The first-order chi connectivity index (χ1) is 31.8. The number of aliphatic hydroxyl groups excluding tert-OH is 11. The third-order valence-corrected chi connectivity index (χ3v) is 11.0. The van der Waals surface area contributed by atoms with Crippen LogP contribution in [0.25, 0.3) is 28.4 Å². The van der Waals surface area contributed by atoms with Gasteiger partial charge in [0.25, 0.3) is 0 Å². The molecule has 25 nitrogen and oxygen atoms in total. The summed E-state index contributed by atoms with van der Waals surface area (Å²) < 4.78 is 45.3. The molecular weight excluding hydrogens is 904 g/mol. The minimum absolute atomic E-state index is 0.160. The summed E-state index contributed by atoms with van der Waals surface area (Å²) in [7, 11) is 0. The lowest BCUT2D eigenvalue weighted by Crippen LogP contribution is -2.60. The maximum absolute atomic E-state index is 12.5. The number of phenolic OH excluding ortho intramolecular Hbond substituents is 5. The first kappa shape index (κ1) is 49.0. The number of phenols is 5. The maximum atomic E-state index is 12.5. The summed E-state index contributed by atoms with van der Waals surface area (Å²) in [6.45, 7) is -2.42. The molecule has 25 heteroatoms. The van der Waals surface area contributed by atoms with Crippen LogP contribution in [0.3, 0.4) is 0 Å². The Morgan fingerprint density at radius 2 is 1.10 bits per heavy atom. The van der Waals surface area contributed by atoms with Crippen molar-refractivity contribution in [2.75, 3.05) is 19.8 Å². The lowest BCUT2D eigenvalue weighted by atomic mass is 9.99. The van der Waals surface area contributed by atoms with Crippen molar-refractivity contribution in [1.82, 2.24) is 0 Å². The Balaban J connectivity index is 1.23. The fourth-order valence-corrected chi connectivity index (χ4v) is 7.25. The van der Waals surface area contributed by atoms with E-state index in [4.69, 9.17) is 37.6 Å². The molecule has 67 heavy (non-hydrogen) atoms. The molecule has 0 amide bonds. The van der Waals surface area contributed by atoms with Gasteiger partial charge in [0, 0.05) is 30.3 Å². The van der Waals surface area contributed by atoms with Gasteiger partial charge in [0.05, 0.1) is 24.8 Å². The van der Waals surface area contributed by atoms with Crippen LogP contribution in [0.2, 0.25) is 0 Å². The topological polar surface area (TPSA) is 417 Å². The number of carbonyl (C=O) groups is 1. The second-order valence-corrected chi connectivity index (χ2v) is 15.6. The van der Waals surface area contributed by atoms with Gasteiger partial charge in [-0.05, 0) is 23.8 Å². The minimum atomic E-state index is -2.02. The van der Waals surface area contributed by atoms with E-state index in [-0.39, 0.29) is 16.5 Å². The number of hydrogen-bond donors (Lipinski definition) is 16. The van der Waals surface area contributed by atoms with Crippen LogP contribution in [0.5, 0.6) is 46.0 Å². The lowest BCUT2D eigenvalue weighted by molar-refractivity contribution is -0.278. The molecule has 0 bridgehead atoms. The molecule has 6 unspecified atom stereocenters. The van der Waals surface area contributed by atoms with Gasteiger partial charge in [0.1, 0.15) is 96.7 Å². The van der Waals surface area contributed by atoms with Crippen molar-refractivity contribution in [2.45, 2.75) is 92.1 Å². The molecule has 0 spiro atoms. The third kappa shape index (κ3) is 10.2. The summed E-state index contributed by atoms with van der Waals surface area (Å²) in [4.78, 5) is 12.5. The van der Waals surface area contributed by atoms with Gasteiger partial charge in [-0.2, -0.15) is 0 Å². The van der Waals surface area contributed by atoms with E-state index in [2.05, 4.69) is 0 Å². The Bertz CT molecular complexity index is 2430. The van der Waals surface area contributed by atoms with Crippen molar-refractivity contribution in [3.63, 3.8) is 0 Å². The van der Waals surface area contributed by atoms with E-state index < -0.39 is 170 Å². The van der Waals surface area contributed by atoms with Crippen LogP contribution in [0, 0.1) is 0 Å². The summed E-state index contributed by atoms with van der Waals surface area (Å²) in [5, 5.41) is 166. The first-order valence-corrected chi connectivity index (χ1v) is 20.2. The average molecular weight is 952 g/mol. The molecule has 7 rings (SSSR count). The molecule has 1 aromatic heterocycles. The Morgan fingerprint density at radius 1 is 0.567 bits per heavy atom. The fourth-order valence-electron chi connectivity index (χ4n) is 7.25. The molecule has 0 aliphatic carbocycles. The molecule has 364 valence electrons. The summed E-state index contributed by atoms with van der Waals surface area (Å²) in [5.74, 6) is -6.25. The summed E-state index contributed by atoms with van der Waals surface area (Å²) >= 11 is 0. The molecule has 3 aliphatic rings. The van der Waals surface area contributed by atoms with E-state index in [1.807, 2.05) is 0 Å². The van der Waals surface area contributed by atoms with E-state index >= 15 is 0 Å². The minimum Gasteiger partial charge on any atom is -0.507 e. The third-order valence-electron chi connectivity index (χ3n) is 11.0. The van der Waals surface area contributed by atoms with Crippen LogP contribution in [-0.4, -0.2) is 200 Å². The highest BCUT2D eigenvalue weighted by molar-refractivity contribution is 5.89. The number of aliphatic hydroxyl groups is 11. The van der Waals surface area contributed by atoms with Crippen molar-refractivity contribution in [3.8, 4) is 57.3 Å². The smallest absolute Gasteiger partial charge is 0.402 e. The second-order valence-electron chi connectivity index (χ2n) is 15.6. The highest BCUT2D eigenvalue weighted by Crippen LogP contribution is 2.46. The van der Waals surface area contributed by atoms with Gasteiger partial charge in [-0.25, -0.2) is 9.21 Å². The largest absolute Gasteiger partial charge is 0.507 e. The standard InChI is InChI=1S/C42H46O25/c43-11-25-30(51)33(54)36(57)41(65-25)63-23-7-15(6-20(48)29(23)50)39-24(64-42-37(58)34(55)31(52)26(12-44)66-42)10-17-21(61-39)8-16(45)9-22(17)62-40-38(59)35(56)32(53)27(67-40)13-60-28(49)4-2-14-1-3-18(46)19(47)5-14/h1-10,25-27,30-38,40-44,51-59H,11-13H2,(H4-,45,46,47,48,49,50)/p+1/t25?,26?,27?,30-,31-,32-,33+,34+,35+,36?,37?,38?,40-,41-,42-/m1/s1. The molecule has 15 atom stereocenters. The predicted molar refractivity (Wildman–Crippen MR) is 217 cm³/mol. The van der Waals surface area contributed by atoms with Crippen molar-refractivity contribution in [1.29, 1.82) is 0 Å². The van der Waals surface area contributed by atoms with E-state index in [1.165, 1.54) is 18.2 Å². The molecule has 4 heterocycles. The van der Waals surface area contributed by atoms with Gasteiger partial charge in [-0.15, -0.1) is 0 Å². The summed E-state index contributed by atoms with van der Waals surface area (Å²) in [6.07, 6.45) is -25.3. The van der Waals surface area contributed by atoms with Gasteiger partial charge >= 0.3 is 17.3 Å². The van der Waals surface area contributed by atoms with Crippen molar-refractivity contribution < 1.29 is 124 Å². The number of aromatic hydroxyl groups is 5. The molecule has 3 saturated heterocycles. The molecule has 16 N–H and O–H groups in total. The van der Waals surface area contributed by atoms with Gasteiger partial charge in [0.15, 0.2) is 23.0 Å². The number of esters is 1. The van der Waals surface area contributed by atoms with E-state index in [9.17, 15) is 86.5 Å². The van der Waals surface area contributed by atoms with Crippen molar-refractivity contribution in [2.24, 2.45) is 0 Å². The van der Waals surface area contributed by atoms with Gasteiger partial charge < -0.3 is 115 Å². The van der Waals surface area contributed by atoms with Crippen molar-refractivity contribution >= 4 is 23.0 Å². The maximum Gasteiger partial charge on any atom is 0.402 e. The van der Waals surface area contributed by atoms with Gasteiger partial charge in [-0.1, -0.05) is 6.07 Å². The normalized spacial score (nSPS) is 32.3. The molecule has 0 radical (unpaired) electrons. The summed E-state index contributed by atoms with van der Waals surface area (Å²) in [6, 6.07) is 8.77. The zero-order valence-electron chi connectivity index (χ0n) is 34.4. The molecule has 0 saturated carbocycles. The van der Waals surface area contributed by atoms with Crippen LogP contribution >= 0.6 is 0 Å². The predicted octanol–water partition coefficient (Wildman–Crippen LogP) is -3.29. The number of benzene rings is 3. The van der Waals surface area contributed by atoms with Crippen LogP contribution in [0.1, 0.15) is 5.56 Å². The van der Waals surface area contributed by atoms with Crippen LogP contribution < -0.4 is 14.2 Å². The molecular formula is C42H47O25+. The number of carbonyl (C=O) groups excluding carboxylic acids is 1. The van der Waals surface area contributed by atoms with E-state index in [0.717, 1.165) is 42.5 Å². The Hall–Kier alpha value is -5.88. The Labute approximate surface area is 376 Å². The highest BCUT2D eigenvalue weighted by Gasteiger charge is 2.48. The summed E-state index contributed by atoms with van der Waals surface area (Å²) in [5.41, 5.74) is -0.252. The molecule has 4 aromatic rings. The average Bonchev–Trinajstić information content (AvgIpc) is 3.30. The Morgan fingerprint density at radius 3 is 1.67 bits per heavy atom. The quantitative estimate of drug-likeness (QED) is 0.0270. The zero-order valence-corrected chi connectivity index (χ0v) is 34.4.